The molecule has 1 heterocycles. The number of aliphatic hydroxyl groups excluding tert-OH is 1. The zero-order valence-corrected chi connectivity index (χ0v) is 19.6. The summed E-state index contributed by atoms with van der Waals surface area (Å²) in [6.07, 6.45) is 1.29. The van der Waals surface area contributed by atoms with Crippen molar-refractivity contribution in [1.82, 2.24) is 4.72 Å². The minimum atomic E-state index is -3.78. The fourth-order valence-corrected chi connectivity index (χ4v) is 7.02. The Morgan fingerprint density at radius 1 is 0.906 bits per heavy atom. The van der Waals surface area contributed by atoms with Crippen molar-refractivity contribution in [3.05, 3.63) is 77.8 Å². The van der Waals surface area contributed by atoms with E-state index in [2.05, 4.69) is 33.9 Å². The summed E-state index contributed by atoms with van der Waals surface area (Å²) in [5.41, 5.74) is 2.09. The van der Waals surface area contributed by atoms with Crippen molar-refractivity contribution in [2.75, 3.05) is 4.90 Å². The molecule has 2 aliphatic rings. The highest BCUT2D eigenvalue weighted by Gasteiger charge is 2.40. The molecule has 5 nitrogen and oxygen atoms in total. The molecule has 2 N–H and O–H groups in total. The Hall–Kier alpha value is -2.03. The number of anilines is 2. The van der Waals surface area contributed by atoms with Gasteiger partial charge in [-0.2, -0.15) is 0 Å². The molecule has 2 unspecified atom stereocenters. The summed E-state index contributed by atoms with van der Waals surface area (Å²) in [5.74, 6) is 0. The Bertz CT molecular complexity index is 1190. The van der Waals surface area contributed by atoms with Gasteiger partial charge in [-0.05, 0) is 67.8 Å². The highest BCUT2D eigenvalue weighted by Crippen LogP contribution is 2.50. The lowest BCUT2D eigenvalue weighted by atomic mass is 9.87. The molecule has 1 fully saturated rings. The van der Waals surface area contributed by atoms with Gasteiger partial charge >= 0.3 is 0 Å². The summed E-state index contributed by atoms with van der Waals surface area (Å²) < 4.78 is 28.7. The molecule has 0 spiro atoms. The Balaban J connectivity index is 1.46. The van der Waals surface area contributed by atoms with Crippen LogP contribution in [0.25, 0.3) is 0 Å². The van der Waals surface area contributed by atoms with Crippen LogP contribution in [-0.2, 0) is 10.0 Å². The first-order chi connectivity index (χ1) is 15.4. The molecule has 0 bridgehead atoms. The third-order valence-electron chi connectivity index (χ3n) is 6.05. The highest BCUT2D eigenvalue weighted by molar-refractivity contribution is 7.99. The molecule has 3 aromatic carbocycles. The number of fused-ring (bicyclic) bond motifs is 2. The molecule has 1 aliphatic carbocycles. The number of nitrogens with zero attached hydrogens (tertiary/aromatic N) is 1. The molecular weight excluding hydrogens is 464 g/mol. The van der Waals surface area contributed by atoms with Crippen LogP contribution in [0.2, 0.25) is 5.02 Å². The van der Waals surface area contributed by atoms with Gasteiger partial charge in [-0.3, -0.25) is 0 Å². The van der Waals surface area contributed by atoms with Gasteiger partial charge < -0.3 is 10.0 Å². The lowest BCUT2D eigenvalue weighted by Gasteiger charge is -2.45. The second-order valence-electron chi connectivity index (χ2n) is 8.08. The van der Waals surface area contributed by atoms with E-state index in [0.29, 0.717) is 11.4 Å². The van der Waals surface area contributed by atoms with Gasteiger partial charge in [-0.15, -0.1) is 0 Å². The molecule has 5 rings (SSSR count). The maximum atomic E-state index is 13.0. The van der Waals surface area contributed by atoms with E-state index in [1.54, 1.807) is 23.9 Å². The summed E-state index contributed by atoms with van der Waals surface area (Å²) in [7, 11) is -3.78. The van der Waals surface area contributed by atoms with Gasteiger partial charge in [0.25, 0.3) is 0 Å². The van der Waals surface area contributed by atoms with Crippen molar-refractivity contribution in [3.63, 3.8) is 0 Å². The molecule has 32 heavy (non-hydrogen) atoms. The van der Waals surface area contributed by atoms with Gasteiger partial charge in [0.05, 0.1) is 34.5 Å². The summed E-state index contributed by atoms with van der Waals surface area (Å²) in [6, 6.07) is 21.5. The summed E-state index contributed by atoms with van der Waals surface area (Å²) in [6.45, 7) is 0. The molecule has 1 aliphatic heterocycles. The van der Waals surface area contributed by atoms with E-state index < -0.39 is 22.2 Å². The maximum Gasteiger partial charge on any atom is 0.240 e. The maximum absolute atomic E-state index is 13.0. The summed E-state index contributed by atoms with van der Waals surface area (Å²) in [5, 5.41) is 11.9. The minimum Gasteiger partial charge on any atom is -0.389 e. The smallest absolute Gasteiger partial charge is 0.240 e. The molecule has 0 radical (unpaired) electrons. The van der Waals surface area contributed by atoms with E-state index in [9.17, 15) is 13.5 Å². The van der Waals surface area contributed by atoms with Crippen molar-refractivity contribution in [2.45, 2.75) is 52.1 Å². The van der Waals surface area contributed by atoms with Crippen molar-refractivity contribution < 1.29 is 13.5 Å². The van der Waals surface area contributed by atoms with Gasteiger partial charge in [0.2, 0.25) is 10.0 Å². The fraction of sp³-hybridized carbons (Fsp3) is 0.250. The van der Waals surface area contributed by atoms with Crippen LogP contribution in [0, 0.1) is 0 Å². The average Bonchev–Trinajstić information content (AvgIpc) is 2.79. The number of hydrogen-bond acceptors (Lipinski definition) is 5. The molecule has 1 saturated carbocycles. The Labute approximate surface area is 197 Å². The number of aliphatic hydroxyl groups is 1. The Morgan fingerprint density at radius 3 is 2.12 bits per heavy atom. The Kier molecular flexibility index (Phi) is 5.94. The van der Waals surface area contributed by atoms with Gasteiger partial charge in [0.1, 0.15) is 0 Å². The summed E-state index contributed by atoms with van der Waals surface area (Å²) in [4.78, 5) is 4.58. The third-order valence-corrected chi connectivity index (χ3v) is 8.94. The SMILES string of the molecule is O=S(=O)(N[C@@H]1CCCC(N2c3ccccc3Sc3ccccc32)C1O)c1ccc(Cl)cc1. The molecule has 0 amide bonds. The van der Waals surface area contributed by atoms with E-state index in [1.165, 1.54) is 12.1 Å². The first-order valence-corrected chi connectivity index (χ1v) is 13.2. The number of hydrogen-bond donors (Lipinski definition) is 2. The lowest BCUT2D eigenvalue weighted by molar-refractivity contribution is 0.0809. The predicted octanol–water partition coefficient (Wildman–Crippen LogP) is 5.20. The topological polar surface area (TPSA) is 69.6 Å². The number of benzene rings is 3. The van der Waals surface area contributed by atoms with Crippen LogP contribution in [0.5, 0.6) is 0 Å². The standard InChI is InChI=1S/C24H23ClN2O3S2/c25-16-12-14-17(15-13-16)32(29,30)26-18-6-5-9-21(24(18)28)27-19-7-1-3-10-22(19)31-23-11-4-2-8-20(23)27/h1-4,7-8,10-15,18,21,24,26,28H,5-6,9H2/t18-,21?,24?/m1/s1. The molecule has 3 atom stereocenters. The molecule has 8 heteroatoms. The van der Waals surface area contributed by atoms with Gasteiger partial charge in [-0.1, -0.05) is 47.6 Å². The van der Waals surface area contributed by atoms with Crippen LogP contribution in [0.4, 0.5) is 11.4 Å². The normalized spacial score (nSPS) is 22.8. The lowest BCUT2D eigenvalue weighted by Crippen LogP contribution is -2.56. The van der Waals surface area contributed by atoms with Crippen LogP contribution >= 0.6 is 23.4 Å². The van der Waals surface area contributed by atoms with E-state index >= 15 is 0 Å². The molecular formula is C24H23ClN2O3S2. The second-order valence-corrected chi connectivity index (χ2v) is 11.3. The highest BCUT2D eigenvalue weighted by atomic mass is 35.5. The van der Waals surface area contributed by atoms with Crippen LogP contribution in [-0.4, -0.2) is 31.7 Å². The van der Waals surface area contributed by atoms with Crippen LogP contribution in [0.15, 0.2) is 87.5 Å². The Morgan fingerprint density at radius 2 is 1.50 bits per heavy atom. The number of para-hydroxylation sites is 2. The minimum absolute atomic E-state index is 0.140. The van der Waals surface area contributed by atoms with Crippen molar-refractivity contribution >= 4 is 44.8 Å². The van der Waals surface area contributed by atoms with Crippen LogP contribution in [0.1, 0.15) is 19.3 Å². The first-order valence-electron chi connectivity index (χ1n) is 10.6. The zero-order chi connectivity index (χ0) is 22.3. The van der Waals surface area contributed by atoms with E-state index in [0.717, 1.165) is 34.0 Å². The predicted molar refractivity (Wildman–Crippen MR) is 128 cm³/mol. The number of nitrogens with one attached hydrogen (secondary N) is 1. The fourth-order valence-electron chi connectivity index (χ4n) is 4.54. The monoisotopic (exact) mass is 486 g/mol. The quantitative estimate of drug-likeness (QED) is 0.530. The zero-order valence-electron chi connectivity index (χ0n) is 17.2. The molecule has 166 valence electrons. The van der Waals surface area contributed by atoms with Gasteiger partial charge in [0.15, 0.2) is 0 Å². The summed E-state index contributed by atoms with van der Waals surface area (Å²) >= 11 is 7.62. The van der Waals surface area contributed by atoms with Crippen LogP contribution in [0.3, 0.4) is 0 Å². The molecule has 3 aromatic rings. The van der Waals surface area contributed by atoms with Gasteiger partial charge in [0, 0.05) is 14.8 Å². The largest absolute Gasteiger partial charge is 0.389 e. The average molecular weight is 487 g/mol. The number of rotatable bonds is 4. The molecule has 0 aromatic heterocycles. The van der Waals surface area contributed by atoms with Crippen molar-refractivity contribution in [3.8, 4) is 0 Å². The number of halogens is 1. The second kappa shape index (κ2) is 8.72. The van der Waals surface area contributed by atoms with E-state index in [-0.39, 0.29) is 10.9 Å². The van der Waals surface area contributed by atoms with Crippen LogP contribution < -0.4 is 9.62 Å². The van der Waals surface area contributed by atoms with Crippen molar-refractivity contribution in [1.29, 1.82) is 0 Å². The van der Waals surface area contributed by atoms with E-state index in [1.807, 2.05) is 24.3 Å². The first kappa shape index (κ1) is 21.8. The van der Waals surface area contributed by atoms with Gasteiger partial charge in [-0.25, -0.2) is 13.1 Å². The number of sulfonamides is 1. The third kappa shape index (κ3) is 4.04. The van der Waals surface area contributed by atoms with Crippen molar-refractivity contribution in [2.24, 2.45) is 0 Å². The van der Waals surface area contributed by atoms with E-state index in [4.69, 9.17) is 11.6 Å². The molecule has 0 saturated heterocycles.